The molecule has 0 saturated heterocycles. The normalized spacial score (nSPS) is 11.7. The number of fused-ring (bicyclic) bond motifs is 1. The fourth-order valence-corrected chi connectivity index (χ4v) is 2.92. The van der Waals surface area contributed by atoms with Crippen molar-refractivity contribution in [2.24, 2.45) is 4.99 Å². The summed E-state index contributed by atoms with van der Waals surface area (Å²) in [5.74, 6) is 0.531. The van der Waals surface area contributed by atoms with Crippen molar-refractivity contribution in [3.05, 3.63) is 70.3 Å². The van der Waals surface area contributed by atoms with Crippen molar-refractivity contribution in [3.63, 3.8) is 0 Å². The van der Waals surface area contributed by atoms with Gasteiger partial charge in [-0.25, -0.2) is 14.4 Å². The molecule has 0 saturated carbocycles. The lowest BCUT2D eigenvalue weighted by molar-refractivity contribution is 0.626. The SMILES string of the molecule is CCNC(=NCc1cn2cc(Br)ccc2n1)NCCc1ccc(F)cc1. The summed E-state index contributed by atoms with van der Waals surface area (Å²) in [6.07, 6.45) is 4.75. The van der Waals surface area contributed by atoms with Crippen LogP contribution < -0.4 is 10.6 Å². The van der Waals surface area contributed by atoms with Crippen LogP contribution in [-0.4, -0.2) is 28.4 Å². The largest absolute Gasteiger partial charge is 0.357 e. The number of pyridine rings is 1. The summed E-state index contributed by atoms with van der Waals surface area (Å²) in [5, 5.41) is 6.53. The first kappa shape index (κ1) is 18.4. The second-order valence-electron chi connectivity index (χ2n) is 5.84. The Morgan fingerprint density at radius 2 is 1.96 bits per heavy atom. The molecule has 0 bridgehead atoms. The van der Waals surface area contributed by atoms with Crippen LogP contribution >= 0.6 is 15.9 Å². The molecule has 2 aromatic heterocycles. The molecule has 3 rings (SSSR count). The number of rotatable bonds is 6. The quantitative estimate of drug-likeness (QED) is 0.476. The molecule has 2 heterocycles. The Hall–Kier alpha value is -2.41. The second-order valence-corrected chi connectivity index (χ2v) is 6.76. The monoisotopic (exact) mass is 417 g/mol. The van der Waals surface area contributed by atoms with Crippen LogP contribution in [0.5, 0.6) is 0 Å². The molecule has 26 heavy (non-hydrogen) atoms. The molecule has 5 nitrogen and oxygen atoms in total. The number of guanidine groups is 1. The Morgan fingerprint density at radius 1 is 1.15 bits per heavy atom. The number of nitrogens with one attached hydrogen (secondary N) is 2. The van der Waals surface area contributed by atoms with E-state index in [0.29, 0.717) is 6.54 Å². The van der Waals surface area contributed by atoms with Crippen molar-refractivity contribution in [2.45, 2.75) is 19.9 Å². The Morgan fingerprint density at radius 3 is 2.73 bits per heavy atom. The maximum absolute atomic E-state index is 12.9. The van der Waals surface area contributed by atoms with E-state index in [1.165, 1.54) is 12.1 Å². The maximum atomic E-state index is 12.9. The lowest BCUT2D eigenvalue weighted by Gasteiger charge is -2.11. The molecule has 0 aliphatic heterocycles. The van der Waals surface area contributed by atoms with Crippen LogP contribution in [0.15, 0.2) is 58.3 Å². The molecule has 0 radical (unpaired) electrons. The number of hydrogen-bond acceptors (Lipinski definition) is 2. The number of hydrogen-bond donors (Lipinski definition) is 2. The van der Waals surface area contributed by atoms with E-state index in [9.17, 15) is 4.39 Å². The molecular formula is C19H21BrFN5. The van der Waals surface area contributed by atoms with E-state index < -0.39 is 0 Å². The maximum Gasteiger partial charge on any atom is 0.191 e. The first-order valence-corrected chi connectivity index (χ1v) is 9.33. The van der Waals surface area contributed by atoms with Crippen molar-refractivity contribution in [1.82, 2.24) is 20.0 Å². The molecule has 0 atom stereocenters. The minimum Gasteiger partial charge on any atom is -0.357 e. The zero-order valence-electron chi connectivity index (χ0n) is 14.5. The van der Waals surface area contributed by atoms with E-state index in [0.717, 1.165) is 46.8 Å². The van der Waals surface area contributed by atoms with Crippen molar-refractivity contribution in [3.8, 4) is 0 Å². The van der Waals surface area contributed by atoms with Gasteiger partial charge >= 0.3 is 0 Å². The predicted molar refractivity (Wildman–Crippen MR) is 106 cm³/mol. The molecule has 3 aromatic rings. The summed E-state index contributed by atoms with van der Waals surface area (Å²) in [5.41, 5.74) is 2.88. The highest BCUT2D eigenvalue weighted by atomic mass is 79.9. The predicted octanol–water partition coefficient (Wildman–Crippen LogP) is 3.53. The zero-order chi connectivity index (χ0) is 18.4. The van der Waals surface area contributed by atoms with Crippen LogP contribution in [-0.2, 0) is 13.0 Å². The fourth-order valence-electron chi connectivity index (χ4n) is 2.57. The number of imidazole rings is 1. The average Bonchev–Trinajstić information content (AvgIpc) is 3.03. The van der Waals surface area contributed by atoms with Gasteiger partial charge in [0, 0.05) is 30.0 Å². The molecule has 2 N–H and O–H groups in total. The van der Waals surface area contributed by atoms with Gasteiger partial charge in [-0.05, 0) is 59.1 Å². The molecule has 0 unspecified atom stereocenters. The first-order chi connectivity index (χ1) is 12.6. The third-order valence-corrected chi connectivity index (χ3v) is 4.30. The fraction of sp³-hybridized carbons (Fsp3) is 0.263. The summed E-state index contributed by atoms with van der Waals surface area (Å²) in [6.45, 7) is 4.01. The lowest BCUT2D eigenvalue weighted by atomic mass is 10.1. The van der Waals surface area contributed by atoms with Crippen LogP contribution in [0.1, 0.15) is 18.2 Å². The molecule has 0 spiro atoms. The highest BCUT2D eigenvalue weighted by Crippen LogP contribution is 2.12. The van der Waals surface area contributed by atoms with E-state index in [-0.39, 0.29) is 5.82 Å². The van der Waals surface area contributed by atoms with Crippen LogP contribution in [0.4, 0.5) is 4.39 Å². The summed E-state index contributed by atoms with van der Waals surface area (Å²) >= 11 is 3.46. The van der Waals surface area contributed by atoms with E-state index in [1.807, 2.05) is 35.9 Å². The van der Waals surface area contributed by atoms with Gasteiger partial charge in [0.05, 0.1) is 12.2 Å². The topological polar surface area (TPSA) is 53.7 Å². The van der Waals surface area contributed by atoms with Crippen LogP contribution in [0.2, 0.25) is 0 Å². The van der Waals surface area contributed by atoms with Crippen molar-refractivity contribution in [1.29, 1.82) is 0 Å². The molecular weight excluding hydrogens is 397 g/mol. The number of nitrogens with zero attached hydrogens (tertiary/aromatic N) is 3. The first-order valence-electron chi connectivity index (χ1n) is 8.54. The highest BCUT2D eigenvalue weighted by molar-refractivity contribution is 9.10. The second kappa shape index (κ2) is 8.80. The van der Waals surface area contributed by atoms with E-state index >= 15 is 0 Å². The Labute approximate surface area is 160 Å². The van der Waals surface area contributed by atoms with E-state index in [4.69, 9.17) is 0 Å². The Kier molecular flexibility index (Phi) is 6.22. The van der Waals surface area contributed by atoms with Crippen LogP contribution in [0.25, 0.3) is 5.65 Å². The van der Waals surface area contributed by atoms with Gasteiger partial charge in [-0.2, -0.15) is 0 Å². The Bertz CT molecular complexity index is 889. The van der Waals surface area contributed by atoms with Gasteiger partial charge < -0.3 is 15.0 Å². The van der Waals surface area contributed by atoms with Crippen molar-refractivity contribution in [2.75, 3.05) is 13.1 Å². The summed E-state index contributed by atoms with van der Waals surface area (Å²) in [7, 11) is 0. The van der Waals surface area contributed by atoms with E-state index in [1.54, 1.807) is 12.1 Å². The minimum absolute atomic E-state index is 0.212. The number of halogens is 2. The van der Waals surface area contributed by atoms with Gasteiger partial charge in [0.15, 0.2) is 5.96 Å². The third kappa shape index (κ3) is 5.05. The van der Waals surface area contributed by atoms with E-state index in [2.05, 4.69) is 36.5 Å². The molecule has 0 fully saturated rings. The van der Waals surface area contributed by atoms with Gasteiger partial charge in [-0.15, -0.1) is 0 Å². The summed E-state index contributed by atoms with van der Waals surface area (Å²) < 4.78 is 15.9. The molecule has 0 aliphatic carbocycles. The molecule has 136 valence electrons. The van der Waals surface area contributed by atoms with Crippen LogP contribution in [0.3, 0.4) is 0 Å². The molecule has 0 amide bonds. The molecule has 1 aromatic carbocycles. The lowest BCUT2D eigenvalue weighted by Crippen LogP contribution is -2.38. The van der Waals surface area contributed by atoms with Crippen molar-refractivity contribution < 1.29 is 4.39 Å². The third-order valence-electron chi connectivity index (χ3n) is 3.83. The molecule has 0 aliphatic rings. The van der Waals surface area contributed by atoms with Crippen LogP contribution in [0, 0.1) is 5.82 Å². The minimum atomic E-state index is -0.212. The van der Waals surface area contributed by atoms with Gasteiger partial charge in [-0.1, -0.05) is 12.1 Å². The molecule has 7 heteroatoms. The van der Waals surface area contributed by atoms with Gasteiger partial charge in [0.2, 0.25) is 0 Å². The number of benzene rings is 1. The number of aromatic nitrogens is 2. The summed E-state index contributed by atoms with van der Waals surface area (Å²) in [6, 6.07) is 10.5. The average molecular weight is 418 g/mol. The smallest absolute Gasteiger partial charge is 0.191 e. The Balaban J connectivity index is 1.59. The number of aliphatic imine (C=N–C) groups is 1. The highest BCUT2D eigenvalue weighted by Gasteiger charge is 2.03. The van der Waals surface area contributed by atoms with Crippen molar-refractivity contribution >= 4 is 27.5 Å². The zero-order valence-corrected chi connectivity index (χ0v) is 16.1. The van der Waals surface area contributed by atoms with Gasteiger partial charge in [-0.3, -0.25) is 0 Å². The summed E-state index contributed by atoms with van der Waals surface area (Å²) in [4.78, 5) is 9.16. The van der Waals surface area contributed by atoms with Gasteiger partial charge in [0.1, 0.15) is 11.5 Å². The van der Waals surface area contributed by atoms with Gasteiger partial charge in [0.25, 0.3) is 0 Å². The standard InChI is InChI=1S/C19H21BrFN5/c1-2-22-19(23-10-9-14-3-6-16(21)7-4-14)24-11-17-13-26-12-15(20)5-8-18(26)25-17/h3-8,12-13H,2,9-11H2,1H3,(H2,22,23,24).